The maximum absolute atomic E-state index is 11.9. The molecular formula is C18H27N3O3. The minimum Gasteiger partial charge on any atom is -0.348 e. The van der Waals surface area contributed by atoms with Crippen LogP contribution in [0, 0.1) is 11.8 Å². The number of anilines is 1. The van der Waals surface area contributed by atoms with Crippen molar-refractivity contribution >= 4 is 17.5 Å². The van der Waals surface area contributed by atoms with Gasteiger partial charge in [-0.05, 0) is 31.2 Å². The van der Waals surface area contributed by atoms with E-state index in [4.69, 9.17) is 0 Å². The first-order valence-corrected chi connectivity index (χ1v) is 8.81. The number of rotatable bonds is 5. The van der Waals surface area contributed by atoms with Gasteiger partial charge in [-0.3, -0.25) is 14.4 Å². The van der Waals surface area contributed by atoms with Gasteiger partial charge >= 0.3 is 11.8 Å². The Morgan fingerprint density at radius 3 is 2.67 bits per heavy atom. The number of hydrogen-bond donors (Lipinski definition) is 2. The average Bonchev–Trinajstić information content (AvgIpc) is 2.58. The fourth-order valence-electron chi connectivity index (χ4n) is 3.31. The molecule has 2 N–H and O–H groups in total. The van der Waals surface area contributed by atoms with Crippen LogP contribution < -0.4 is 16.2 Å². The maximum Gasteiger partial charge on any atom is 0.313 e. The summed E-state index contributed by atoms with van der Waals surface area (Å²) in [6, 6.07) is 2.88. The van der Waals surface area contributed by atoms with Crippen molar-refractivity contribution in [2.24, 2.45) is 11.8 Å². The Bertz CT molecular complexity index is 639. The van der Waals surface area contributed by atoms with E-state index in [0.29, 0.717) is 30.6 Å². The molecule has 2 rings (SSSR count). The van der Waals surface area contributed by atoms with Crippen LogP contribution in [-0.4, -0.2) is 22.9 Å². The van der Waals surface area contributed by atoms with Crippen LogP contribution in [0.3, 0.4) is 0 Å². The van der Waals surface area contributed by atoms with Crippen molar-refractivity contribution in [3.05, 3.63) is 28.7 Å². The molecule has 1 heterocycles. The van der Waals surface area contributed by atoms with Gasteiger partial charge in [-0.2, -0.15) is 0 Å². The molecule has 0 bridgehead atoms. The lowest BCUT2D eigenvalue weighted by Gasteiger charge is -2.28. The van der Waals surface area contributed by atoms with E-state index in [1.165, 1.54) is 48.6 Å². The first-order chi connectivity index (χ1) is 11.5. The molecule has 24 heavy (non-hydrogen) atoms. The Labute approximate surface area is 142 Å². The number of hydrogen-bond acceptors (Lipinski definition) is 3. The van der Waals surface area contributed by atoms with E-state index in [2.05, 4.69) is 17.6 Å². The lowest BCUT2D eigenvalue weighted by Crippen LogP contribution is -2.37. The van der Waals surface area contributed by atoms with E-state index in [-0.39, 0.29) is 5.56 Å². The van der Waals surface area contributed by atoms with Crippen molar-refractivity contribution in [1.82, 2.24) is 9.88 Å². The minimum atomic E-state index is -0.701. The summed E-state index contributed by atoms with van der Waals surface area (Å²) in [5.41, 5.74) is 0.305. The van der Waals surface area contributed by atoms with Gasteiger partial charge in [0.1, 0.15) is 0 Å². The Balaban J connectivity index is 1.79. The molecule has 0 saturated heterocycles. The number of carbonyl (C=O) groups excluding carboxylic acids is 2. The summed E-state index contributed by atoms with van der Waals surface area (Å²) < 4.78 is 1.47. The van der Waals surface area contributed by atoms with Crippen LogP contribution >= 0.6 is 0 Å². The summed E-state index contributed by atoms with van der Waals surface area (Å²) in [6.45, 7) is 5.14. The van der Waals surface area contributed by atoms with Gasteiger partial charge in [-0.15, -0.1) is 0 Å². The van der Waals surface area contributed by atoms with Gasteiger partial charge in [-0.1, -0.05) is 32.6 Å². The second kappa shape index (κ2) is 8.66. The third-order valence-corrected chi connectivity index (χ3v) is 4.88. The van der Waals surface area contributed by atoms with Crippen LogP contribution in [0.4, 0.5) is 5.69 Å². The fourth-order valence-corrected chi connectivity index (χ4v) is 3.31. The molecule has 1 aromatic rings. The predicted molar refractivity (Wildman–Crippen MR) is 93.8 cm³/mol. The minimum absolute atomic E-state index is 0.137. The Hall–Kier alpha value is -2.11. The molecule has 2 atom stereocenters. The highest BCUT2D eigenvalue weighted by molar-refractivity contribution is 6.39. The Kier molecular flexibility index (Phi) is 6.58. The zero-order chi connectivity index (χ0) is 17.5. The van der Waals surface area contributed by atoms with Crippen molar-refractivity contribution in [2.45, 2.75) is 52.5 Å². The quantitative estimate of drug-likeness (QED) is 0.810. The van der Waals surface area contributed by atoms with Gasteiger partial charge in [0.2, 0.25) is 0 Å². The SMILES string of the molecule is CCn1cc(NC(=O)C(=O)NCC[C@@H]2CCCC[C@H]2C)ccc1=O. The molecule has 2 amide bonds. The Morgan fingerprint density at radius 1 is 1.21 bits per heavy atom. The fraction of sp³-hybridized carbons (Fsp3) is 0.611. The molecule has 1 fully saturated rings. The Morgan fingerprint density at radius 2 is 1.96 bits per heavy atom. The summed E-state index contributed by atoms with van der Waals surface area (Å²) in [7, 11) is 0. The maximum atomic E-state index is 11.9. The van der Waals surface area contributed by atoms with Crippen molar-refractivity contribution in [2.75, 3.05) is 11.9 Å². The van der Waals surface area contributed by atoms with Crippen LogP contribution in [0.2, 0.25) is 0 Å². The second-order valence-corrected chi connectivity index (χ2v) is 6.56. The molecule has 0 spiro atoms. The van der Waals surface area contributed by atoms with Gasteiger partial charge in [0, 0.05) is 25.4 Å². The first kappa shape index (κ1) is 18.2. The molecule has 0 aromatic carbocycles. The zero-order valence-electron chi connectivity index (χ0n) is 14.5. The molecule has 0 aliphatic heterocycles. The molecule has 1 aliphatic carbocycles. The number of carbonyl (C=O) groups is 2. The van der Waals surface area contributed by atoms with Crippen LogP contribution in [-0.2, 0) is 16.1 Å². The molecule has 132 valence electrons. The first-order valence-electron chi connectivity index (χ1n) is 8.81. The number of nitrogens with one attached hydrogen (secondary N) is 2. The van der Waals surface area contributed by atoms with Crippen molar-refractivity contribution in [3.8, 4) is 0 Å². The molecular weight excluding hydrogens is 306 g/mol. The molecule has 1 saturated carbocycles. The van der Waals surface area contributed by atoms with Crippen LogP contribution in [0.25, 0.3) is 0 Å². The number of nitrogens with zero attached hydrogens (tertiary/aromatic N) is 1. The van der Waals surface area contributed by atoms with Crippen LogP contribution in [0.15, 0.2) is 23.1 Å². The topological polar surface area (TPSA) is 80.2 Å². The summed E-state index contributed by atoms with van der Waals surface area (Å²) in [4.78, 5) is 35.3. The lowest BCUT2D eigenvalue weighted by atomic mass is 9.79. The average molecular weight is 333 g/mol. The van der Waals surface area contributed by atoms with E-state index >= 15 is 0 Å². The van der Waals surface area contributed by atoms with E-state index < -0.39 is 11.8 Å². The second-order valence-electron chi connectivity index (χ2n) is 6.56. The largest absolute Gasteiger partial charge is 0.348 e. The number of amides is 2. The summed E-state index contributed by atoms with van der Waals surface area (Å²) in [5, 5.41) is 5.22. The molecule has 1 aromatic heterocycles. The van der Waals surface area contributed by atoms with Crippen molar-refractivity contribution in [3.63, 3.8) is 0 Å². The smallest absolute Gasteiger partial charge is 0.313 e. The standard InChI is InChI=1S/C18H27N3O3/c1-3-21-12-15(8-9-16(21)22)20-18(24)17(23)19-11-10-14-7-5-4-6-13(14)2/h8-9,12-14H,3-7,10-11H2,1-2H3,(H,19,23)(H,20,24)/t13-,14+/m1/s1. The van der Waals surface area contributed by atoms with E-state index in [0.717, 1.165) is 6.42 Å². The molecule has 0 unspecified atom stereocenters. The summed E-state index contributed by atoms with van der Waals surface area (Å²) in [6.07, 6.45) is 7.48. The number of aryl methyl sites for hydroxylation is 1. The summed E-state index contributed by atoms with van der Waals surface area (Å²) in [5.74, 6) is -0.00417. The van der Waals surface area contributed by atoms with Gasteiger partial charge in [-0.25, -0.2) is 0 Å². The highest BCUT2D eigenvalue weighted by atomic mass is 16.2. The molecule has 0 radical (unpaired) electrons. The van der Waals surface area contributed by atoms with E-state index in [9.17, 15) is 14.4 Å². The lowest BCUT2D eigenvalue weighted by molar-refractivity contribution is -0.136. The predicted octanol–water partition coefficient (Wildman–Crippen LogP) is 2.14. The van der Waals surface area contributed by atoms with Gasteiger partial charge in [0.15, 0.2) is 0 Å². The van der Waals surface area contributed by atoms with Gasteiger partial charge in [0.05, 0.1) is 5.69 Å². The van der Waals surface area contributed by atoms with Gasteiger partial charge < -0.3 is 15.2 Å². The van der Waals surface area contributed by atoms with Crippen LogP contribution in [0.5, 0.6) is 0 Å². The zero-order valence-corrected chi connectivity index (χ0v) is 14.5. The van der Waals surface area contributed by atoms with E-state index in [1.54, 1.807) is 0 Å². The molecule has 6 nitrogen and oxygen atoms in total. The molecule has 1 aliphatic rings. The molecule has 6 heteroatoms. The van der Waals surface area contributed by atoms with Crippen LogP contribution in [0.1, 0.15) is 46.0 Å². The number of aromatic nitrogens is 1. The van der Waals surface area contributed by atoms with Gasteiger partial charge in [0.25, 0.3) is 5.56 Å². The monoisotopic (exact) mass is 333 g/mol. The summed E-state index contributed by atoms with van der Waals surface area (Å²) >= 11 is 0. The van der Waals surface area contributed by atoms with Crippen molar-refractivity contribution < 1.29 is 9.59 Å². The highest BCUT2D eigenvalue weighted by Crippen LogP contribution is 2.31. The van der Waals surface area contributed by atoms with E-state index in [1.807, 2.05) is 6.92 Å². The number of pyridine rings is 1. The van der Waals surface area contributed by atoms with Crippen molar-refractivity contribution in [1.29, 1.82) is 0 Å². The highest BCUT2D eigenvalue weighted by Gasteiger charge is 2.21. The third-order valence-electron chi connectivity index (χ3n) is 4.88. The normalized spacial score (nSPS) is 20.4. The third kappa shape index (κ3) is 4.94.